The summed E-state index contributed by atoms with van der Waals surface area (Å²) in [6, 6.07) is 4.93. The molecule has 2 rings (SSSR count). The third-order valence-corrected chi connectivity index (χ3v) is 1.60. The molecule has 0 aliphatic rings. The molecule has 5 nitrogen and oxygen atoms in total. The smallest absolute Gasteiger partial charge is 0.409 e. The molecule has 0 bridgehead atoms. The first-order valence-electron chi connectivity index (χ1n) is 3.60. The van der Waals surface area contributed by atoms with Crippen LogP contribution in [0.15, 0.2) is 28.9 Å². The molecule has 1 amide bonds. The number of rotatable bonds is 1. The van der Waals surface area contributed by atoms with Gasteiger partial charge in [0.05, 0.1) is 6.20 Å². The lowest BCUT2D eigenvalue weighted by molar-refractivity contribution is 0.210. The zero-order chi connectivity index (χ0) is 9.26. The van der Waals surface area contributed by atoms with Crippen molar-refractivity contribution in [3.8, 4) is 0 Å². The number of hydrogen-bond donors (Lipinski definition) is 2. The van der Waals surface area contributed by atoms with Gasteiger partial charge in [0.1, 0.15) is 0 Å². The maximum absolute atomic E-state index is 10.3. The van der Waals surface area contributed by atoms with E-state index in [1.807, 2.05) is 0 Å². The second-order valence-corrected chi connectivity index (χ2v) is 2.51. The van der Waals surface area contributed by atoms with Crippen molar-refractivity contribution in [3.05, 3.63) is 24.4 Å². The van der Waals surface area contributed by atoms with E-state index < -0.39 is 6.09 Å². The molecule has 1 aromatic heterocycles. The van der Waals surface area contributed by atoms with Crippen LogP contribution in [0.2, 0.25) is 0 Å². The number of nitrogens with one attached hydrogen (secondary N) is 1. The number of hydrogen-bond acceptors (Lipinski definition) is 3. The third-order valence-electron chi connectivity index (χ3n) is 1.60. The highest BCUT2D eigenvalue weighted by molar-refractivity contribution is 5.87. The largest absolute Gasteiger partial charge is 0.465 e. The predicted molar refractivity (Wildman–Crippen MR) is 45.7 cm³/mol. The number of benzene rings is 1. The van der Waals surface area contributed by atoms with Gasteiger partial charge in [-0.1, -0.05) is 5.16 Å². The first-order valence-corrected chi connectivity index (χ1v) is 3.60. The van der Waals surface area contributed by atoms with Gasteiger partial charge in [0.2, 0.25) is 0 Å². The van der Waals surface area contributed by atoms with E-state index in [1.54, 1.807) is 18.2 Å². The first-order chi connectivity index (χ1) is 6.25. The zero-order valence-electron chi connectivity index (χ0n) is 6.52. The van der Waals surface area contributed by atoms with Gasteiger partial charge in [-0.2, -0.15) is 0 Å². The molecule has 2 N–H and O–H groups in total. The van der Waals surface area contributed by atoms with E-state index in [4.69, 9.17) is 9.63 Å². The molecule has 2 aromatic rings. The number of anilines is 1. The number of nitrogens with zero attached hydrogens (tertiary/aromatic N) is 1. The standard InChI is InChI=1S/C8H6N2O3/c11-8(12)10-6-1-2-7-5(3-6)4-9-13-7/h1-4,10H,(H,11,12). The van der Waals surface area contributed by atoms with Crippen LogP contribution >= 0.6 is 0 Å². The van der Waals surface area contributed by atoms with Gasteiger partial charge in [0.25, 0.3) is 0 Å². The summed E-state index contributed by atoms with van der Waals surface area (Å²) >= 11 is 0. The van der Waals surface area contributed by atoms with Crippen molar-refractivity contribution in [3.63, 3.8) is 0 Å². The molecule has 66 valence electrons. The second-order valence-electron chi connectivity index (χ2n) is 2.51. The first kappa shape index (κ1) is 7.60. The van der Waals surface area contributed by atoms with E-state index in [-0.39, 0.29) is 0 Å². The Morgan fingerprint density at radius 3 is 3.15 bits per heavy atom. The minimum Gasteiger partial charge on any atom is -0.465 e. The maximum Gasteiger partial charge on any atom is 0.409 e. The van der Waals surface area contributed by atoms with Gasteiger partial charge in [-0.3, -0.25) is 5.32 Å². The van der Waals surface area contributed by atoms with Crippen molar-refractivity contribution in [1.82, 2.24) is 5.16 Å². The van der Waals surface area contributed by atoms with Gasteiger partial charge in [-0.15, -0.1) is 0 Å². The Balaban J connectivity index is 2.42. The van der Waals surface area contributed by atoms with Crippen molar-refractivity contribution in [1.29, 1.82) is 0 Å². The minimum atomic E-state index is -1.09. The summed E-state index contributed by atoms with van der Waals surface area (Å²) in [4.78, 5) is 10.3. The summed E-state index contributed by atoms with van der Waals surface area (Å²) < 4.78 is 4.85. The Labute approximate surface area is 72.9 Å². The molecule has 5 heteroatoms. The number of aromatic nitrogens is 1. The molecule has 1 heterocycles. The fourth-order valence-electron chi connectivity index (χ4n) is 1.07. The van der Waals surface area contributed by atoms with Crippen LogP contribution in [0.1, 0.15) is 0 Å². The summed E-state index contributed by atoms with van der Waals surface area (Å²) in [6.45, 7) is 0. The molecular weight excluding hydrogens is 172 g/mol. The molecule has 0 saturated carbocycles. The summed E-state index contributed by atoms with van der Waals surface area (Å²) in [5.74, 6) is 0. The molecular formula is C8H6N2O3. The highest BCUT2D eigenvalue weighted by Crippen LogP contribution is 2.18. The van der Waals surface area contributed by atoms with E-state index >= 15 is 0 Å². The minimum absolute atomic E-state index is 0.503. The molecule has 0 atom stereocenters. The van der Waals surface area contributed by atoms with Crippen LogP contribution in [0.25, 0.3) is 11.0 Å². The Kier molecular flexibility index (Phi) is 1.63. The van der Waals surface area contributed by atoms with Crippen LogP contribution < -0.4 is 5.32 Å². The molecule has 1 aromatic carbocycles. The molecule has 0 aliphatic heterocycles. The fraction of sp³-hybridized carbons (Fsp3) is 0. The number of carbonyl (C=O) groups is 1. The number of carboxylic acid groups (broad SMARTS) is 1. The van der Waals surface area contributed by atoms with Gasteiger partial charge in [0, 0.05) is 11.1 Å². The van der Waals surface area contributed by atoms with Crippen molar-refractivity contribution < 1.29 is 14.4 Å². The van der Waals surface area contributed by atoms with Crippen LogP contribution in [-0.2, 0) is 0 Å². The van der Waals surface area contributed by atoms with Crippen LogP contribution in [0, 0.1) is 0 Å². The zero-order valence-corrected chi connectivity index (χ0v) is 6.52. The van der Waals surface area contributed by atoms with Crippen molar-refractivity contribution in [2.75, 3.05) is 5.32 Å². The van der Waals surface area contributed by atoms with Gasteiger partial charge < -0.3 is 9.63 Å². The molecule has 0 spiro atoms. The Bertz CT molecular complexity index is 449. The predicted octanol–water partition coefficient (Wildman–Crippen LogP) is 1.92. The molecule has 0 saturated heterocycles. The van der Waals surface area contributed by atoms with E-state index in [2.05, 4.69) is 10.5 Å². The van der Waals surface area contributed by atoms with Crippen LogP contribution in [0.4, 0.5) is 10.5 Å². The molecule has 0 unspecified atom stereocenters. The highest BCUT2D eigenvalue weighted by Gasteiger charge is 2.01. The lowest BCUT2D eigenvalue weighted by atomic mass is 10.2. The van der Waals surface area contributed by atoms with Gasteiger partial charge in [-0.25, -0.2) is 4.79 Å². The lowest BCUT2D eigenvalue weighted by Gasteiger charge is -1.98. The Morgan fingerprint density at radius 2 is 2.38 bits per heavy atom. The molecule has 0 radical (unpaired) electrons. The van der Waals surface area contributed by atoms with E-state index in [0.29, 0.717) is 11.3 Å². The van der Waals surface area contributed by atoms with Crippen LogP contribution in [0.3, 0.4) is 0 Å². The highest BCUT2D eigenvalue weighted by atomic mass is 16.5. The second kappa shape index (κ2) is 2.78. The van der Waals surface area contributed by atoms with Crippen LogP contribution in [0.5, 0.6) is 0 Å². The topological polar surface area (TPSA) is 75.4 Å². The van der Waals surface area contributed by atoms with E-state index in [1.165, 1.54) is 6.20 Å². The normalized spacial score (nSPS) is 10.2. The average Bonchev–Trinajstić information content (AvgIpc) is 2.49. The maximum atomic E-state index is 10.3. The van der Waals surface area contributed by atoms with Gasteiger partial charge in [0.15, 0.2) is 5.58 Å². The quantitative estimate of drug-likeness (QED) is 0.699. The monoisotopic (exact) mass is 178 g/mol. The number of amides is 1. The summed E-state index contributed by atoms with van der Waals surface area (Å²) in [6.07, 6.45) is 0.443. The summed E-state index contributed by atoms with van der Waals surface area (Å²) in [7, 11) is 0. The lowest BCUT2D eigenvalue weighted by Crippen LogP contribution is -2.06. The Hall–Kier alpha value is -2.04. The SMILES string of the molecule is O=C(O)Nc1ccc2oncc2c1. The third kappa shape index (κ3) is 1.44. The van der Waals surface area contributed by atoms with Gasteiger partial charge >= 0.3 is 6.09 Å². The van der Waals surface area contributed by atoms with E-state index in [9.17, 15) is 4.79 Å². The van der Waals surface area contributed by atoms with Crippen LogP contribution in [-0.4, -0.2) is 16.4 Å². The molecule has 0 fully saturated rings. The van der Waals surface area contributed by atoms with Crippen molar-refractivity contribution >= 4 is 22.7 Å². The van der Waals surface area contributed by atoms with Crippen molar-refractivity contribution in [2.45, 2.75) is 0 Å². The average molecular weight is 178 g/mol. The molecule has 0 aliphatic carbocycles. The summed E-state index contributed by atoms with van der Waals surface area (Å²) in [5, 5.41) is 15.0. The summed E-state index contributed by atoms with van der Waals surface area (Å²) in [5.41, 5.74) is 1.14. The Morgan fingerprint density at radius 1 is 1.54 bits per heavy atom. The van der Waals surface area contributed by atoms with Crippen molar-refractivity contribution in [2.24, 2.45) is 0 Å². The number of fused-ring (bicyclic) bond motifs is 1. The fourth-order valence-corrected chi connectivity index (χ4v) is 1.07. The van der Waals surface area contributed by atoms with Gasteiger partial charge in [-0.05, 0) is 18.2 Å². The molecule has 13 heavy (non-hydrogen) atoms. The van der Waals surface area contributed by atoms with E-state index in [0.717, 1.165) is 5.39 Å².